The summed E-state index contributed by atoms with van der Waals surface area (Å²) >= 11 is 6.32. The number of para-hydroxylation sites is 1. The molecule has 0 atom stereocenters. The smallest absolute Gasteiger partial charge is 0.323 e. The maximum Gasteiger partial charge on any atom is 0.323 e. The van der Waals surface area contributed by atoms with Gasteiger partial charge in [-0.05, 0) is 55.3 Å². The average molecular weight is 494 g/mol. The van der Waals surface area contributed by atoms with E-state index in [1.807, 2.05) is 61.7 Å². The first-order valence-electron chi connectivity index (χ1n) is 10.7. The number of amides is 1. The number of aromatic nitrogens is 2. The molecule has 2 aromatic carbocycles. The quantitative estimate of drug-likeness (QED) is 0.352. The fourth-order valence-electron chi connectivity index (χ4n) is 3.51. The van der Waals surface area contributed by atoms with E-state index in [4.69, 9.17) is 27.2 Å². The van der Waals surface area contributed by atoms with Crippen molar-refractivity contribution in [1.82, 2.24) is 14.7 Å². The molecule has 0 bridgehead atoms. The Balaban J connectivity index is 1.77. The summed E-state index contributed by atoms with van der Waals surface area (Å²) in [5, 5.41) is 13.9. The van der Waals surface area contributed by atoms with Crippen LogP contribution in [0.4, 0.5) is 0 Å². The van der Waals surface area contributed by atoms with Gasteiger partial charge in [-0.25, -0.2) is 4.68 Å². The van der Waals surface area contributed by atoms with Gasteiger partial charge in [-0.2, -0.15) is 5.10 Å². The van der Waals surface area contributed by atoms with Crippen LogP contribution >= 0.6 is 24.0 Å². The van der Waals surface area contributed by atoms with Crippen LogP contribution < -0.4 is 4.74 Å². The highest BCUT2D eigenvalue weighted by atomic mass is 32.2. The number of aliphatic carboxylic acids is 1. The van der Waals surface area contributed by atoms with Crippen LogP contribution in [0.5, 0.6) is 5.75 Å². The molecule has 1 saturated heterocycles. The lowest BCUT2D eigenvalue weighted by atomic mass is 10.0. The number of hydrogen-bond donors (Lipinski definition) is 1. The number of carbonyl (C=O) groups excluding carboxylic acids is 1. The number of ether oxygens (including phenoxy) is 1. The maximum atomic E-state index is 12.8. The van der Waals surface area contributed by atoms with E-state index in [9.17, 15) is 9.59 Å². The van der Waals surface area contributed by atoms with Crippen LogP contribution in [0.1, 0.15) is 24.5 Å². The molecule has 2 heterocycles. The van der Waals surface area contributed by atoms with Crippen LogP contribution in [0.15, 0.2) is 59.6 Å². The van der Waals surface area contributed by atoms with Gasteiger partial charge >= 0.3 is 5.97 Å². The molecule has 1 N–H and O–H groups in total. The van der Waals surface area contributed by atoms with Gasteiger partial charge in [0.1, 0.15) is 22.3 Å². The first-order chi connectivity index (χ1) is 16.4. The van der Waals surface area contributed by atoms with Crippen LogP contribution in [0.2, 0.25) is 0 Å². The Labute approximate surface area is 207 Å². The second-order valence-electron chi connectivity index (χ2n) is 7.70. The van der Waals surface area contributed by atoms with Gasteiger partial charge in [0, 0.05) is 17.3 Å². The van der Waals surface area contributed by atoms with Gasteiger partial charge in [0.25, 0.3) is 5.91 Å². The normalized spacial score (nSPS) is 14.8. The molecule has 34 heavy (non-hydrogen) atoms. The SMILES string of the molecule is CCCOc1ccc(-c2nn(-c3ccccc3)cc2C=C2SC(=S)N(CC(=O)O)C2=O)cc1C. The van der Waals surface area contributed by atoms with Crippen molar-refractivity contribution in [2.24, 2.45) is 0 Å². The number of benzene rings is 2. The van der Waals surface area contributed by atoms with Gasteiger partial charge in [0.05, 0.1) is 17.2 Å². The zero-order valence-electron chi connectivity index (χ0n) is 18.7. The molecule has 0 spiro atoms. The highest BCUT2D eigenvalue weighted by molar-refractivity contribution is 8.26. The first kappa shape index (κ1) is 23.7. The highest BCUT2D eigenvalue weighted by Gasteiger charge is 2.33. The molecule has 1 aromatic heterocycles. The summed E-state index contributed by atoms with van der Waals surface area (Å²) in [5.74, 6) is -0.713. The van der Waals surface area contributed by atoms with Gasteiger partial charge in [0.2, 0.25) is 0 Å². The van der Waals surface area contributed by atoms with E-state index in [-0.39, 0.29) is 4.32 Å². The fraction of sp³-hybridized carbons (Fsp3) is 0.200. The maximum absolute atomic E-state index is 12.8. The molecule has 1 aliphatic rings. The molecule has 174 valence electrons. The minimum Gasteiger partial charge on any atom is -0.493 e. The lowest BCUT2D eigenvalue weighted by Crippen LogP contribution is -2.33. The summed E-state index contributed by atoms with van der Waals surface area (Å²) in [5.41, 5.74) is 4.16. The van der Waals surface area contributed by atoms with Crippen molar-refractivity contribution in [3.8, 4) is 22.7 Å². The topological polar surface area (TPSA) is 84.7 Å². The van der Waals surface area contributed by atoms with E-state index in [0.717, 1.165) is 51.2 Å². The largest absolute Gasteiger partial charge is 0.493 e. The van der Waals surface area contributed by atoms with Crippen LogP contribution in [-0.4, -0.2) is 49.1 Å². The molecule has 1 amide bonds. The second kappa shape index (κ2) is 10.2. The minimum absolute atomic E-state index is 0.226. The first-order valence-corrected chi connectivity index (χ1v) is 12.0. The number of thioether (sulfide) groups is 1. The van der Waals surface area contributed by atoms with Crippen molar-refractivity contribution in [3.63, 3.8) is 0 Å². The molecule has 3 aromatic rings. The van der Waals surface area contributed by atoms with E-state index in [0.29, 0.717) is 17.2 Å². The monoisotopic (exact) mass is 493 g/mol. The Bertz CT molecular complexity index is 1280. The summed E-state index contributed by atoms with van der Waals surface area (Å²) in [6, 6.07) is 15.6. The third kappa shape index (κ3) is 5.05. The average Bonchev–Trinajstić information content (AvgIpc) is 3.35. The Kier molecular flexibility index (Phi) is 7.14. The van der Waals surface area contributed by atoms with Gasteiger partial charge in [0.15, 0.2) is 0 Å². The second-order valence-corrected chi connectivity index (χ2v) is 9.38. The van der Waals surface area contributed by atoms with E-state index in [1.54, 1.807) is 10.8 Å². The van der Waals surface area contributed by atoms with Crippen LogP contribution in [0.3, 0.4) is 0 Å². The predicted molar refractivity (Wildman–Crippen MR) is 137 cm³/mol. The number of carboxylic acid groups (broad SMARTS) is 1. The summed E-state index contributed by atoms with van der Waals surface area (Å²) in [4.78, 5) is 25.4. The standard InChI is InChI=1S/C25H23N3O4S2/c1-3-11-32-20-10-9-17(12-16(20)2)23-18(14-28(26-23)19-7-5-4-6-8-19)13-21-24(31)27(15-22(29)30)25(33)34-21/h4-10,12-14H,3,11,15H2,1-2H3,(H,29,30). The molecule has 0 saturated carbocycles. The molecular formula is C25H23N3O4S2. The predicted octanol–water partition coefficient (Wildman–Crippen LogP) is 4.92. The van der Waals surface area contributed by atoms with E-state index in [1.165, 1.54) is 0 Å². The van der Waals surface area contributed by atoms with E-state index >= 15 is 0 Å². The number of aryl methyl sites for hydroxylation is 1. The number of rotatable bonds is 8. The molecule has 1 fully saturated rings. The van der Waals surface area contributed by atoms with Crippen LogP contribution in [0.25, 0.3) is 23.0 Å². The van der Waals surface area contributed by atoms with E-state index < -0.39 is 18.4 Å². The lowest BCUT2D eigenvalue weighted by molar-refractivity contribution is -0.140. The summed E-state index contributed by atoms with van der Waals surface area (Å²) < 4.78 is 7.79. The van der Waals surface area contributed by atoms with Gasteiger partial charge < -0.3 is 9.84 Å². The van der Waals surface area contributed by atoms with Crippen LogP contribution in [-0.2, 0) is 9.59 Å². The van der Waals surface area contributed by atoms with Crippen molar-refractivity contribution in [1.29, 1.82) is 0 Å². The molecule has 0 unspecified atom stereocenters. The number of thiocarbonyl (C=S) groups is 1. The molecule has 0 radical (unpaired) electrons. The summed E-state index contributed by atoms with van der Waals surface area (Å²) in [6.45, 7) is 4.23. The molecule has 1 aliphatic heterocycles. The third-order valence-corrected chi connectivity index (χ3v) is 6.50. The van der Waals surface area contributed by atoms with Crippen LogP contribution in [0, 0.1) is 6.92 Å². The van der Waals surface area contributed by atoms with Gasteiger partial charge in [-0.3, -0.25) is 14.5 Å². The Morgan fingerprint density at radius 3 is 2.68 bits per heavy atom. The number of nitrogens with zero attached hydrogens (tertiary/aromatic N) is 3. The summed E-state index contributed by atoms with van der Waals surface area (Å²) in [6.07, 6.45) is 4.50. The van der Waals surface area contributed by atoms with Gasteiger partial charge in [-0.15, -0.1) is 0 Å². The number of carboxylic acids is 1. The van der Waals surface area contributed by atoms with Crippen molar-refractivity contribution in [2.45, 2.75) is 20.3 Å². The Morgan fingerprint density at radius 2 is 2.00 bits per heavy atom. The highest BCUT2D eigenvalue weighted by Crippen LogP contribution is 2.35. The Morgan fingerprint density at radius 1 is 1.24 bits per heavy atom. The van der Waals surface area contributed by atoms with Crippen molar-refractivity contribution in [2.75, 3.05) is 13.2 Å². The molecule has 9 heteroatoms. The molecular weight excluding hydrogens is 470 g/mol. The molecule has 0 aliphatic carbocycles. The van der Waals surface area contributed by atoms with Crippen molar-refractivity contribution < 1.29 is 19.4 Å². The zero-order chi connectivity index (χ0) is 24.2. The molecule has 4 rings (SSSR count). The van der Waals surface area contributed by atoms with Crippen molar-refractivity contribution in [3.05, 3.63) is 70.8 Å². The molecule has 7 nitrogen and oxygen atoms in total. The zero-order valence-corrected chi connectivity index (χ0v) is 20.4. The summed E-state index contributed by atoms with van der Waals surface area (Å²) in [7, 11) is 0. The minimum atomic E-state index is -1.11. The number of hydrogen-bond acceptors (Lipinski definition) is 6. The van der Waals surface area contributed by atoms with Crippen molar-refractivity contribution >= 4 is 46.3 Å². The van der Waals surface area contributed by atoms with Gasteiger partial charge in [-0.1, -0.05) is 49.1 Å². The van der Waals surface area contributed by atoms with E-state index in [2.05, 4.69) is 6.92 Å². The lowest BCUT2D eigenvalue weighted by Gasteiger charge is -2.10. The number of carbonyl (C=O) groups is 2. The Hall–Kier alpha value is -3.43. The third-order valence-electron chi connectivity index (χ3n) is 5.13. The fourth-order valence-corrected chi connectivity index (χ4v) is 4.76.